The summed E-state index contributed by atoms with van der Waals surface area (Å²) in [6, 6.07) is 0. The second-order valence-corrected chi connectivity index (χ2v) is 9.02. The first kappa shape index (κ1) is 15.0. The van der Waals surface area contributed by atoms with Crippen LogP contribution in [-0.4, -0.2) is 21.9 Å². The van der Waals surface area contributed by atoms with Gasteiger partial charge in [-0.1, -0.05) is 37.6 Å². The molecule has 0 radical (unpaired) electrons. The Morgan fingerprint density at radius 2 is 1.82 bits per heavy atom. The molecule has 4 rings (SSSR count). The lowest BCUT2D eigenvalue weighted by atomic mass is 9.48. The van der Waals surface area contributed by atoms with Gasteiger partial charge in [-0.25, -0.2) is 0 Å². The molecule has 4 aliphatic rings. The number of fused-ring (bicyclic) bond motifs is 5. The van der Waals surface area contributed by atoms with E-state index in [0.29, 0.717) is 17.8 Å². The molecule has 2 fully saturated rings. The van der Waals surface area contributed by atoms with Crippen LogP contribution >= 0.6 is 0 Å². The zero-order valence-electron chi connectivity index (χ0n) is 14.2. The van der Waals surface area contributed by atoms with Gasteiger partial charge in [-0.2, -0.15) is 0 Å². The van der Waals surface area contributed by atoms with Crippen LogP contribution in [0.5, 0.6) is 0 Å². The summed E-state index contributed by atoms with van der Waals surface area (Å²) in [6.07, 6.45) is 12.9. The Bertz CT molecular complexity index is 546. The van der Waals surface area contributed by atoms with E-state index in [0.717, 1.165) is 25.7 Å². The van der Waals surface area contributed by atoms with Crippen molar-refractivity contribution in [1.29, 1.82) is 0 Å². The molecular weight excluding hydrogens is 272 g/mol. The maximum absolute atomic E-state index is 10.9. The lowest BCUT2D eigenvalue weighted by Crippen LogP contribution is -2.53. The summed E-state index contributed by atoms with van der Waals surface area (Å²) in [5, 5.41) is 20.9. The van der Waals surface area contributed by atoms with E-state index in [2.05, 4.69) is 32.9 Å². The van der Waals surface area contributed by atoms with Crippen molar-refractivity contribution in [3.8, 4) is 0 Å². The van der Waals surface area contributed by atoms with Crippen LogP contribution in [-0.2, 0) is 0 Å². The van der Waals surface area contributed by atoms with Gasteiger partial charge in [0.25, 0.3) is 0 Å². The lowest BCUT2D eigenvalue weighted by molar-refractivity contribution is -0.107. The lowest BCUT2D eigenvalue weighted by Gasteiger charge is -2.57. The predicted molar refractivity (Wildman–Crippen MR) is 88.2 cm³/mol. The predicted octanol–water partition coefficient (Wildman–Crippen LogP) is 3.84. The van der Waals surface area contributed by atoms with E-state index in [-0.39, 0.29) is 16.9 Å². The molecule has 0 aliphatic heterocycles. The van der Waals surface area contributed by atoms with Gasteiger partial charge in [0.05, 0.1) is 11.7 Å². The highest BCUT2D eigenvalue weighted by Crippen LogP contribution is 2.66. The highest BCUT2D eigenvalue weighted by molar-refractivity contribution is 5.33. The minimum absolute atomic E-state index is 0.0910. The molecule has 7 atom stereocenters. The summed E-state index contributed by atoms with van der Waals surface area (Å²) in [6.45, 7) is 6.78. The molecule has 2 N–H and O–H groups in total. The van der Waals surface area contributed by atoms with E-state index < -0.39 is 5.60 Å². The van der Waals surface area contributed by atoms with E-state index in [1.807, 2.05) is 6.08 Å². The largest absolute Gasteiger partial charge is 0.390 e. The summed E-state index contributed by atoms with van der Waals surface area (Å²) in [5.74, 6) is 2.03. The fourth-order valence-electron chi connectivity index (χ4n) is 6.48. The molecule has 2 heteroatoms. The van der Waals surface area contributed by atoms with E-state index in [4.69, 9.17) is 0 Å². The maximum Gasteiger partial charge on any atom is 0.0758 e. The van der Waals surface area contributed by atoms with Gasteiger partial charge in [0, 0.05) is 5.41 Å². The van der Waals surface area contributed by atoms with Crippen molar-refractivity contribution < 1.29 is 10.2 Å². The Balaban J connectivity index is 1.72. The fourth-order valence-corrected chi connectivity index (χ4v) is 6.48. The van der Waals surface area contributed by atoms with Crippen molar-refractivity contribution in [2.45, 2.75) is 71.0 Å². The van der Waals surface area contributed by atoms with E-state index in [9.17, 15) is 10.2 Å². The average Bonchev–Trinajstić information content (AvgIpc) is 2.70. The molecule has 0 saturated heterocycles. The number of hydrogen-bond acceptors (Lipinski definition) is 2. The second kappa shape index (κ2) is 4.48. The normalized spacial score (nSPS) is 56.9. The minimum Gasteiger partial charge on any atom is -0.390 e. The van der Waals surface area contributed by atoms with Crippen molar-refractivity contribution in [2.24, 2.45) is 28.6 Å². The Hall–Kier alpha value is -0.600. The summed E-state index contributed by atoms with van der Waals surface area (Å²) in [7, 11) is 0. The topological polar surface area (TPSA) is 40.5 Å². The summed E-state index contributed by atoms with van der Waals surface area (Å²) >= 11 is 0. The molecule has 0 amide bonds. The molecular formula is C20H30O2. The minimum atomic E-state index is -0.494. The summed E-state index contributed by atoms with van der Waals surface area (Å²) in [4.78, 5) is 0. The first-order valence-corrected chi connectivity index (χ1v) is 9.07. The van der Waals surface area contributed by atoms with Gasteiger partial charge >= 0.3 is 0 Å². The first-order chi connectivity index (χ1) is 10.3. The van der Waals surface area contributed by atoms with E-state index >= 15 is 0 Å². The Labute approximate surface area is 134 Å². The molecule has 0 aromatic rings. The van der Waals surface area contributed by atoms with Crippen molar-refractivity contribution in [2.75, 3.05) is 0 Å². The fraction of sp³-hybridized carbons (Fsp3) is 0.800. The standard InChI is InChI=1S/C20H30O2/c1-18-9-6-14(21)12-13(18)4-5-15-16(18)7-10-19(2)17(15)8-11-20(19,3)22/h4,6,9,14-17,21-22H,5,7-8,10-12H2,1-3H3/t14-,15-,16+,17+,18+,19+,20-/m1/s1. The van der Waals surface area contributed by atoms with Crippen LogP contribution in [0.25, 0.3) is 0 Å². The maximum atomic E-state index is 10.9. The molecule has 122 valence electrons. The van der Waals surface area contributed by atoms with Crippen molar-refractivity contribution in [1.82, 2.24) is 0 Å². The molecule has 0 heterocycles. The van der Waals surface area contributed by atoms with Gasteiger partial charge in [0.15, 0.2) is 0 Å². The summed E-state index contributed by atoms with van der Waals surface area (Å²) in [5.41, 5.74) is 1.19. The molecule has 2 saturated carbocycles. The van der Waals surface area contributed by atoms with Crippen LogP contribution in [0.15, 0.2) is 23.8 Å². The van der Waals surface area contributed by atoms with Crippen molar-refractivity contribution in [3.63, 3.8) is 0 Å². The third kappa shape index (κ3) is 1.74. The van der Waals surface area contributed by atoms with Crippen LogP contribution in [0.3, 0.4) is 0 Å². The molecule has 0 aromatic carbocycles. The number of rotatable bonds is 0. The Kier molecular flexibility index (Phi) is 3.05. The van der Waals surface area contributed by atoms with Gasteiger partial charge in [0.1, 0.15) is 0 Å². The number of allylic oxidation sites excluding steroid dienone is 2. The van der Waals surface area contributed by atoms with Crippen LogP contribution in [0.2, 0.25) is 0 Å². The van der Waals surface area contributed by atoms with Gasteiger partial charge in [-0.05, 0) is 68.6 Å². The van der Waals surface area contributed by atoms with E-state index in [1.165, 1.54) is 18.4 Å². The van der Waals surface area contributed by atoms with Crippen LogP contribution in [0.1, 0.15) is 59.3 Å². The number of aliphatic hydroxyl groups is 2. The van der Waals surface area contributed by atoms with Crippen LogP contribution in [0.4, 0.5) is 0 Å². The molecule has 2 nitrogen and oxygen atoms in total. The van der Waals surface area contributed by atoms with Gasteiger partial charge in [-0.3, -0.25) is 0 Å². The summed E-state index contributed by atoms with van der Waals surface area (Å²) < 4.78 is 0. The molecule has 0 spiro atoms. The number of hydrogen-bond donors (Lipinski definition) is 2. The highest BCUT2D eigenvalue weighted by atomic mass is 16.3. The monoisotopic (exact) mass is 302 g/mol. The van der Waals surface area contributed by atoms with Crippen molar-refractivity contribution in [3.05, 3.63) is 23.8 Å². The smallest absolute Gasteiger partial charge is 0.0758 e. The third-order valence-corrected chi connectivity index (χ3v) is 8.19. The molecule has 0 aromatic heterocycles. The Morgan fingerprint density at radius 1 is 1.09 bits per heavy atom. The van der Waals surface area contributed by atoms with Gasteiger partial charge in [-0.15, -0.1) is 0 Å². The van der Waals surface area contributed by atoms with Gasteiger partial charge in [0.2, 0.25) is 0 Å². The van der Waals surface area contributed by atoms with Crippen LogP contribution < -0.4 is 0 Å². The van der Waals surface area contributed by atoms with Gasteiger partial charge < -0.3 is 10.2 Å². The second-order valence-electron chi connectivity index (χ2n) is 9.02. The molecule has 0 bridgehead atoms. The van der Waals surface area contributed by atoms with Crippen LogP contribution in [0, 0.1) is 28.6 Å². The first-order valence-electron chi connectivity index (χ1n) is 9.07. The Morgan fingerprint density at radius 3 is 2.59 bits per heavy atom. The zero-order chi connectivity index (χ0) is 15.8. The number of aliphatic hydroxyl groups excluding tert-OH is 1. The average molecular weight is 302 g/mol. The SMILES string of the molecule is C[C@]12C=C[C@@H](O)CC1=CC[C@@H]1[C@@H]2CC[C@@]2(C)[C@H]1CC[C@@]2(C)O. The third-order valence-electron chi connectivity index (χ3n) is 8.19. The molecule has 4 aliphatic carbocycles. The quantitative estimate of drug-likeness (QED) is 0.668. The van der Waals surface area contributed by atoms with Crippen molar-refractivity contribution >= 4 is 0 Å². The molecule has 22 heavy (non-hydrogen) atoms. The van der Waals surface area contributed by atoms with E-state index in [1.54, 1.807) is 0 Å². The zero-order valence-corrected chi connectivity index (χ0v) is 14.2. The highest BCUT2D eigenvalue weighted by Gasteiger charge is 2.61. The molecule has 0 unspecified atom stereocenters.